The average Bonchev–Trinajstić information content (AvgIpc) is 2.28. The molecular weight excluding hydrogens is 202 g/mol. The van der Waals surface area contributed by atoms with E-state index in [4.69, 9.17) is 11.0 Å². The standard InChI is InChI=1S/C12H15N3O/c1-2-11(6-7-13)15-12(16)9-4-3-5-10(14)8-9/h3-5,8,11H,2,6,14H2,1H3,(H,15,16). The van der Waals surface area contributed by atoms with E-state index in [0.717, 1.165) is 6.42 Å². The Balaban J connectivity index is 2.68. The van der Waals surface area contributed by atoms with Gasteiger partial charge in [-0.05, 0) is 24.6 Å². The van der Waals surface area contributed by atoms with Crippen molar-refractivity contribution in [1.29, 1.82) is 5.26 Å². The van der Waals surface area contributed by atoms with Crippen molar-refractivity contribution < 1.29 is 4.79 Å². The monoisotopic (exact) mass is 217 g/mol. The highest BCUT2D eigenvalue weighted by Gasteiger charge is 2.11. The molecule has 0 spiro atoms. The third kappa shape index (κ3) is 3.28. The van der Waals surface area contributed by atoms with Gasteiger partial charge in [0.05, 0.1) is 12.5 Å². The Kier molecular flexibility index (Phi) is 4.34. The normalized spacial score (nSPS) is 11.5. The van der Waals surface area contributed by atoms with Gasteiger partial charge in [-0.15, -0.1) is 0 Å². The Bertz CT molecular complexity index is 409. The van der Waals surface area contributed by atoms with Crippen LogP contribution in [-0.2, 0) is 0 Å². The highest BCUT2D eigenvalue weighted by Crippen LogP contribution is 2.07. The molecule has 84 valence electrons. The second-order valence-corrected chi connectivity index (χ2v) is 3.57. The molecule has 1 amide bonds. The zero-order chi connectivity index (χ0) is 12.0. The number of nitrogen functional groups attached to an aromatic ring is 1. The lowest BCUT2D eigenvalue weighted by Crippen LogP contribution is -2.34. The first kappa shape index (κ1) is 12.1. The minimum absolute atomic E-state index is 0.0982. The Labute approximate surface area is 95.1 Å². The number of nitriles is 1. The van der Waals surface area contributed by atoms with Gasteiger partial charge in [0, 0.05) is 17.3 Å². The van der Waals surface area contributed by atoms with E-state index in [-0.39, 0.29) is 11.9 Å². The SMILES string of the molecule is CCC(CC#N)NC(=O)c1cccc(N)c1. The maximum Gasteiger partial charge on any atom is 0.251 e. The average molecular weight is 217 g/mol. The van der Waals surface area contributed by atoms with Crippen molar-refractivity contribution in [3.63, 3.8) is 0 Å². The van der Waals surface area contributed by atoms with Gasteiger partial charge in [-0.3, -0.25) is 4.79 Å². The summed E-state index contributed by atoms with van der Waals surface area (Å²) in [6.07, 6.45) is 1.06. The van der Waals surface area contributed by atoms with Crippen LogP contribution in [0.1, 0.15) is 30.1 Å². The van der Waals surface area contributed by atoms with E-state index in [9.17, 15) is 4.79 Å². The number of rotatable bonds is 4. The molecule has 0 aliphatic rings. The van der Waals surface area contributed by atoms with Gasteiger partial charge in [0.25, 0.3) is 5.91 Å². The van der Waals surface area contributed by atoms with Crippen molar-refractivity contribution >= 4 is 11.6 Å². The van der Waals surface area contributed by atoms with Gasteiger partial charge in [0.2, 0.25) is 0 Å². The molecule has 0 aliphatic carbocycles. The van der Waals surface area contributed by atoms with E-state index < -0.39 is 0 Å². The minimum atomic E-state index is -0.186. The zero-order valence-corrected chi connectivity index (χ0v) is 9.23. The van der Waals surface area contributed by atoms with Crippen molar-refractivity contribution in [1.82, 2.24) is 5.32 Å². The lowest BCUT2D eigenvalue weighted by Gasteiger charge is -2.13. The summed E-state index contributed by atoms with van der Waals surface area (Å²) in [7, 11) is 0. The van der Waals surface area contributed by atoms with Crippen molar-refractivity contribution in [3.05, 3.63) is 29.8 Å². The summed E-state index contributed by atoms with van der Waals surface area (Å²) in [5.74, 6) is -0.186. The number of hydrogen-bond donors (Lipinski definition) is 2. The highest BCUT2D eigenvalue weighted by molar-refractivity contribution is 5.95. The smallest absolute Gasteiger partial charge is 0.251 e. The molecule has 1 unspecified atom stereocenters. The molecule has 0 heterocycles. The summed E-state index contributed by atoms with van der Waals surface area (Å²) in [5.41, 5.74) is 6.67. The predicted molar refractivity (Wildman–Crippen MR) is 62.6 cm³/mol. The first-order valence-corrected chi connectivity index (χ1v) is 5.20. The first-order valence-electron chi connectivity index (χ1n) is 5.20. The van der Waals surface area contributed by atoms with Gasteiger partial charge in [-0.2, -0.15) is 5.26 Å². The Hall–Kier alpha value is -2.02. The maximum absolute atomic E-state index is 11.8. The van der Waals surface area contributed by atoms with Crippen LogP contribution in [0.15, 0.2) is 24.3 Å². The molecule has 0 aromatic heterocycles. The second-order valence-electron chi connectivity index (χ2n) is 3.57. The van der Waals surface area contributed by atoms with Gasteiger partial charge in [-0.1, -0.05) is 13.0 Å². The van der Waals surface area contributed by atoms with Crippen molar-refractivity contribution in [2.45, 2.75) is 25.8 Å². The number of hydrogen-bond acceptors (Lipinski definition) is 3. The van der Waals surface area contributed by atoms with Gasteiger partial charge < -0.3 is 11.1 Å². The lowest BCUT2D eigenvalue weighted by molar-refractivity contribution is 0.0936. The number of benzene rings is 1. The van der Waals surface area contributed by atoms with E-state index in [1.165, 1.54) is 0 Å². The predicted octanol–water partition coefficient (Wildman–Crippen LogP) is 1.69. The molecule has 4 nitrogen and oxygen atoms in total. The maximum atomic E-state index is 11.8. The van der Waals surface area contributed by atoms with E-state index in [2.05, 4.69) is 5.32 Å². The molecule has 0 aliphatic heterocycles. The topological polar surface area (TPSA) is 78.9 Å². The Morgan fingerprint density at radius 1 is 1.62 bits per heavy atom. The van der Waals surface area contributed by atoms with Crippen LogP contribution in [0, 0.1) is 11.3 Å². The molecule has 0 saturated carbocycles. The van der Waals surface area contributed by atoms with Crippen LogP contribution in [-0.4, -0.2) is 11.9 Å². The van der Waals surface area contributed by atoms with Crippen LogP contribution in [0.4, 0.5) is 5.69 Å². The number of nitrogens with one attached hydrogen (secondary N) is 1. The van der Waals surface area contributed by atoms with Crippen molar-refractivity contribution in [2.24, 2.45) is 0 Å². The third-order valence-electron chi connectivity index (χ3n) is 2.31. The summed E-state index contributed by atoms with van der Waals surface area (Å²) in [6.45, 7) is 1.93. The quantitative estimate of drug-likeness (QED) is 0.753. The minimum Gasteiger partial charge on any atom is -0.399 e. The molecular formula is C12H15N3O. The molecule has 4 heteroatoms. The molecule has 0 radical (unpaired) electrons. The fourth-order valence-electron chi connectivity index (χ4n) is 1.36. The highest BCUT2D eigenvalue weighted by atomic mass is 16.1. The molecule has 1 rings (SSSR count). The zero-order valence-electron chi connectivity index (χ0n) is 9.23. The molecule has 0 bridgehead atoms. The van der Waals surface area contributed by atoms with Crippen LogP contribution in [0.2, 0.25) is 0 Å². The van der Waals surface area contributed by atoms with Crippen LogP contribution >= 0.6 is 0 Å². The number of amides is 1. The molecule has 1 atom stereocenters. The fraction of sp³-hybridized carbons (Fsp3) is 0.333. The Morgan fingerprint density at radius 3 is 2.94 bits per heavy atom. The second kappa shape index (κ2) is 5.76. The van der Waals surface area contributed by atoms with E-state index in [1.807, 2.05) is 13.0 Å². The molecule has 0 saturated heterocycles. The van der Waals surface area contributed by atoms with Gasteiger partial charge in [-0.25, -0.2) is 0 Å². The van der Waals surface area contributed by atoms with Crippen LogP contribution < -0.4 is 11.1 Å². The van der Waals surface area contributed by atoms with Gasteiger partial charge in [0.1, 0.15) is 0 Å². The van der Waals surface area contributed by atoms with E-state index in [0.29, 0.717) is 17.7 Å². The number of nitrogens with two attached hydrogens (primary N) is 1. The largest absolute Gasteiger partial charge is 0.399 e. The molecule has 1 aromatic carbocycles. The van der Waals surface area contributed by atoms with E-state index in [1.54, 1.807) is 24.3 Å². The van der Waals surface area contributed by atoms with Gasteiger partial charge in [0.15, 0.2) is 0 Å². The molecule has 0 fully saturated rings. The summed E-state index contributed by atoms with van der Waals surface area (Å²) in [4.78, 5) is 11.8. The van der Waals surface area contributed by atoms with Gasteiger partial charge >= 0.3 is 0 Å². The number of anilines is 1. The summed E-state index contributed by atoms with van der Waals surface area (Å²) >= 11 is 0. The summed E-state index contributed by atoms with van der Waals surface area (Å²) < 4.78 is 0. The molecule has 3 N–H and O–H groups in total. The molecule has 1 aromatic rings. The number of carbonyl (C=O) groups is 1. The summed E-state index contributed by atoms with van der Waals surface area (Å²) in [5, 5.41) is 11.4. The number of carbonyl (C=O) groups excluding carboxylic acids is 1. The lowest BCUT2D eigenvalue weighted by atomic mass is 10.1. The number of nitrogens with zero attached hydrogens (tertiary/aromatic N) is 1. The van der Waals surface area contributed by atoms with Crippen molar-refractivity contribution in [2.75, 3.05) is 5.73 Å². The summed E-state index contributed by atoms with van der Waals surface area (Å²) in [6, 6.07) is 8.73. The Morgan fingerprint density at radius 2 is 2.38 bits per heavy atom. The van der Waals surface area contributed by atoms with Crippen molar-refractivity contribution in [3.8, 4) is 6.07 Å². The van der Waals surface area contributed by atoms with Crippen LogP contribution in [0.25, 0.3) is 0 Å². The first-order chi connectivity index (χ1) is 7.67. The van der Waals surface area contributed by atoms with E-state index >= 15 is 0 Å². The molecule has 16 heavy (non-hydrogen) atoms. The van der Waals surface area contributed by atoms with Crippen LogP contribution in [0.5, 0.6) is 0 Å². The van der Waals surface area contributed by atoms with Crippen LogP contribution in [0.3, 0.4) is 0 Å². The third-order valence-corrected chi connectivity index (χ3v) is 2.31. The fourth-order valence-corrected chi connectivity index (χ4v) is 1.36.